The maximum atomic E-state index is 13.1. The predicted octanol–water partition coefficient (Wildman–Crippen LogP) is 2.74. The molecule has 0 saturated carbocycles. The number of hydrogen-bond donors (Lipinski definition) is 1. The second-order valence-corrected chi connectivity index (χ2v) is 6.47. The molecule has 0 amide bonds. The van der Waals surface area contributed by atoms with Gasteiger partial charge in [0.1, 0.15) is 5.82 Å². The number of nitrogens with zero attached hydrogens (tertiary/aromatic N) is 5. The first-order valence-electron chi connectivity index (χ1n) is 9.18. The average molecular weight is 486 g/mol. The monoisotopic (exact) mass is 486 g/mol. The maximum Gasteiger partial charge on any atom is 0.194 e. The molecule has 1 fully saturated rings. The SMILES string of the molecule is CCNC(=NCCn1cc(C)cn1)N1CCN(c2ccc(F)cc2)CC1.I. The molecule has 0 atom stereocenters. The Morgan fingerprint density at radius 1 is 1.19 bits per heavy atom. The Balaban J connectivity index is 0.00000261. The first kappa shape index (κ1) is 21.5. The number of guanidine groups is 1. The first-order chi connectivity index (χ1) is 12.7. The van der Waals surface area contributed by atoms with E-state index < -0.39 is 0 Å². The second-order valence-electron chi connectivity index (χ2n) is 6.47. The van der Waals surface area contributed by atoms with E-state index in [1.807, 2.05) is 36.1 Å². The minimum atomic E-state index is -0.193. The summed E-state index contributed by atoms with van der Waals surface area (Å²) in [7, 11) is 0. The molecular weight excluding hydrogens is 458 g/mol. The molecule has 0 radical (unpaired) electrons. The van der Waals surface area contributed by atoms with Crippen LogP contribution in [0.2, 0.25) is 0 Å². The largest absolute Gasteiger partial charge is 0.368 e. The number of aryl methyl sites for hydroxylation is 1. The van der Waals surface area contributed by atoms with Gasteiger partial charge in [-0.15, -0.1) is 24.0 Å². The zero-order valence-electron chi connectivity index (χ0n) is 15.9. The van der Waals surface area contributed by atoms with Crippen molar-refractivity contribution in [3.63, 3.8) is 0 Å². The highest BCUT2D eigenvalue weighted by molar-refractivity contribution is 14.0. The van der Waals surface area contributed by atoms with Crippen LogP contribution in [0.4, 0.5) is 10.1 Å². The highest BCUT2D eigenvalue weighted by Gasteiger charge is 2.19. The molecule has 1 saturated heterocycles. The Bertz CT molecular complexity index is 722. The predicted molar refractivity (Wildman–Crippen MR) is 119 cm³/mol. The lowest BCUT2D eigenvalue weighted by molar-refractivity contribution is 0.372. The highest BCUT2D eigenvalue weighted by atomic mass is 127. The van der Waals surface area contributed by atoms with Crippen molar-refractivity contribution in [2.24, 2.45) is 4.99 Å². The third-order valence-corrected chi connectivity index (χ3v) is 4.46. The van der Waals surface area contributed by atoms with Crippen molar-refractivity contribution in [2.75, 3.05) is 44.2 Å². The van der Waals surface area contributed by atoms with E-state index in [4.69, 9.17) is 4.99 Å². The average Bonchev–Trinajstić information content (AvgIpc) is 3.07. The number of piperazine rings is 1. The molecule has 1 aliphatic rings. The molecule has 1 aromatic carbocycles. The van der Waals surface area contributed by atoms with Gasteiger partial charge < -0.3 is 15.1 Å². The summed E-state index contributed by atoms with van der Waals surface area (Å²) in [5.74, 6) is 0.761. The fourth-order valence-corrected chi connectivity index (χ4v) is 3.10. The molecule has 6 nitrogen and oxygen atoms in total. The van der Waals surface area contributed by atoms with Gasteiger partial charge in [-0.05, 0) is 43.7 Å². The van der Waals surface area contributed by atoms with E-state index in [1.54, 1.807) is 0 Å². The second kappa shape index (κ2) is 10.5. The lowest BCUT2D eigenvalue weighted by atomic mass is 10.2. The summed E-state index contributed by atoms with van der Waals surface area (Å²) in [6.45, 7) is 10.0. The molecular formula is C19H28FIN6. The smallest absolute Gasteiger partial charge is 0.194 e. The number of anilines is 1. The van der Waals surface area contributed by atoms with Crippen LogP contribution in [-0.2, 0) is 6.54 Å². The van der Waals surface area contributed by atoms with Gasteiger partial charge in [-0.25, -0.2) is 4.39 Å². The number of nitrogens with one attached hydrogen (secondary N) is 1. The van der Waals surface area contributed by atoms with Crippen LogP contribution in [0.15, 0.2) is 41.7 Å². The van der Waals surface area contributed by atoms with Crippen molar-refractivity contribution >= 4 is 35.6 Å². The van der Waals surface area contributed by atoms with Crippen LogP contribution in [0.1, 0.15) is 12.5 Å². The Labute approximate surface area is 177 Å². The molecule has 1 aliphatic heterocycles. The van der Waals surface area contributed by atoms with Crippen molar-refractivity contribution in [3.05, 3.63) is 48.0 Å². The molecule has 1 aromatic heterocycles. The number of benzene rings is 1. The number of halogens is 2. The zero-order valence-corrected chi connectivity index (χ0v) is 18.3. The van der Waals surface area contributed by atoms with E-state index in [-0.39, 0.29) is 29.8 Å². The Kier molecular flexibility index (Phi) is 8.33. The van der Waals surface area contributed by atoms with Gasteiger partial charge in [0.2, 0.25) is 0 Å². The van der Waals surface area contributed by atoms with Gasteiger partial charge in [-0.1, -0.05) is 0 Å². The maximum absolute atomic E-state index is 13.1. The van der Waals surface area contributed by atoms with Crippen molar-refractivity contribution < 1.29 is 4.39 Å². The van der Waals surface area contributed by atoms with Crippen LogP contribution in [0.5, 0.6) is 0 Å². The van der Waals surface area contributed by atoms with Crippen molar-refractivity contribution in [2.45, 2.75) is 20.4 Å². The van der Waals surface area contributed by atoms with Crippen molar-refractivity contribution in [1.29, 1.82) is 0 Å². The summed E-state index contributed by atoms with van der Waals surface area (Å²) < 4.78 is 15.0. The van der Waals surface area contributed by atoms with E-state index >= 15 is 0 Å². The summed E-state index contributed by atoms with van der Waals surface area (Å²) in [5, 5.41) is 7.68. The van der Waals surface area contributed by atoms with Gasteiger partial charge in [0.25, 0.3) is 0 Å². The van der Waals surface area contributed by atoms with Crippen LogP contribution in [-0.4, -0.2) is 59.9 Å². The normalized spacial score (nSPS) is 14.9. The lowest BCUT2D eigenvalue weighted by Gasteiger charge is -2.37. The summed E-state index contributed by atoms with van der Waals surface area (Å²) in [5.41, 5.74) is 2.24. The molecule has 27 heavy (non-hydrogen) atoms. The minimum Gasteiger partial charge on any atom is -0.368 e. The van der Waals surface area contributed by atoms with Crippen LogP contribution >= 0.6 is 24.0 Å². The van der Waals surface area contributed by atoms with Crippen LogP contribution < -0.4 is 10.2 Å². The van der Waals surface area contributed by atoms with E-state index in [2.05, 4.69) is 27.1 Å². The Morgan fingerprint density at radius 2 is 1.89 bits per heavy atom. The molecule has 1 N–H and O–H groups in total. The lowest BCUT2D eigenvalue weighted by Crippen LogP contribution is -2.52. The van der Waals surface area contributed by atoms with Gasteiger partial charge in [0.15, 0.2) is 5.96 Å². The van der Waals surface area contributed by atoms with E-state index in [1.165, 1.54) is 12.1 Å². The van der Waals surface area contributed by atoms with Gasteiger partial charge in [0, 0.05) is 44.6 Å². The van der Waals surface area contributed by atoms with Crippen molar-refractivity contribution in [1.82, 2.24) is 20.0 Å². The topological polar surface area (TPSA) is 48.7 Å². The fourth-order valence-electron chi connectivity index (χ4n) is 3.10. The van der Waals surface area contributed by atoms with Crippen LogP contribution in [0.3, 0.4) is 0 Å². The van der Waals surface area contributed by atoms with E-state index in [0.717, 1.165) is 56.5 Å². The molecule has 2 aromatic rings. The summed E-state index contributed by atoms with van der Waals surface area (Å²) in [4.78, 5) is 9.33. The molecule has 0 spiro atoms. The van der Waals surface area contributed by atoms with Gasteiger partial charge in [0.05, 0.1) is 19.3 Å². The Hall–Kier alpha value is -1.84. The Morgan fingerprint density at radius 3 is 2.48 bits per heavy atom. The molecule has 0 aliphatic carbocycles. The minimum absolute atomic E-state index is 0. The van der Waals surface area contributed by atoms with E-state index in [9.17, 15) is 4.39 Å². The summed E-state index contributed by atoms with van der Waals surface area (Å²) in [6, 6.07) is 6.72. The molecule has 3 rings (SSSR count). The zero-order chi connectivity index (χ0) is 18.4. The van der Waals surface area contributed by atoms with Gasteiger partial charge >= 0.3 is 0 Å². The number of hydrogen-bond acceptors (Lipinski definition) is 3. The first-order valence-corrected chi connectivity index (χ1v) is 9.18. The van der Waals surface area contributed by atoms with Crippen LogP contribution in [0.25, 0.3) is 0 Å². The third kappa shape index (κ3) is 6.08. The standard InChI is InChI=1S/C19H27FN6.HI/c1-3-21-19(22-8-9-26-15-16(2)14-23-26)25-12-10-24(11-13-25)18-6-4-17(20)5-7-18;/h4-7,14-15H,3,8-13H2,1-2H3,(H,21,22);1H. The molecule has 2 heterocycles. The third-order valence-electron chi connectivity index (χ3n) is 4.46. The van der Waals surface area contributed by atoms with Crippen molar-refractivity contribution in [3.8, 4) is 0 Å². The quantitative estimate of drug-likeness (QED) is 0.401. The molecule has 8 heteroatoms. The number of aliphatic imine (C=N–C) groups is 1. The summed E-state index contributed by atoms with van der Waals surface area (Å²) in [6.07, 6.45) is 3.90. The highest BCUT2D eigenvalue weighted by Crippen LogP contribution is 2.16. The van der Waals surface area contributed by atoms with Gasteiger partial charge in [-0.3, -0.25) is 9.67 Å². The fraction of sp³-hybridized carbons (Fsp3) is 0.474. The molecule has 148 valence electrons. The summed E-state index contributed by atoms with van der Waals surface area (Å²) >= 11 is 0. The molecule has 0 bridgehead atoms. The number of aromatic nitrogens is 2. The van der Waals surface area contributed by atoms with Gasteiger partial charge in [-0.2, -0.15) is 5.10 Å². The van der Waals surface area contributed by atoms with Crippen LogP contribution in [0, 0.1) is 12.7 Å². The van der Waals surface area contributed by atoms with E-state index in [0.29, 0.717) is 6.54 Å². The number of rotatable bonds is 5. The molecule has 0 unspecified atom stereocenters.